The van der Waals surface area contributed by atoms with Crippen molar-refractivity contribution in [3.63, 3.8) is 0 Å². The van der Waals surface area contributed by atoms with Gasteiger partial charge in [0.2, 0.25) is 0 Å². The molecular formula is C13H19N3O. The molecule has 2 amide bonds. The lowest BCUT2D eigenvalue weighted by Crippen LogP contribution is -2.39. The van der Waals surface area contributed by atoms with E-state index in [1.54, 1.807) is 4.90 Å². The Morgan fingerprint density at radius 3 is 2.76 bits per heavy atom. The van der Waals surface area contributed by atoms with Crippen LogP contribution in [0.1, 0.15) is 18.4 Å². The Bertz CT molecular complexity index is 399. The van der Waals surface area contributed by atoms with E-state index in [4.69, 9.17) is 5.73 Å². The van der Waals surface area contributed by atoms with E-state index < -0.39 is 0 Å². The monoisotopic (exact) mass is 233 g/mol. The summed E-state index contributed by atoms with van der Waals surface area (Å²) in [5.41, 5.74) is 7.56. The topological polar surface area (TPSA) is 49.6 Å². The predicted octanol–water partition coefficient (Wildman–Crippen LogP) is 1.80. The Hall–Kier alpha value is -1.55. The Morgan fingerprint density at radius 2 is 2.12 bits per heavy atom. The van der Waals surface area contributed by atoms with Gasteiger partial charge >= 0.3 is 6.03 Å². The number of amides is 2. The lowest BCUT2D eigenvalue weighted by atomic mass is 10.2. The van der Waals surface area contributed by atoms with Crippen molar-refractivity contribution in [1.29, 1.82) is 0 Å². The van der Waals surface area contributed by atoms with Gasteiger partial charge in [-0.15, -0.1) is 0 Å². The number of hydrogen-bond acceptors (Lipinski definition) is 2. The Kier molecular flexibility index (Phi) is 3.64. The first-order chi connectivity index (χ1) is 8.22. The molecule has 0 saturated carbocycles. The predicted molar refractivity (Wildman–Crippen MR) is 68.9 cm³/mol. The van der Waals surface area contributed by atoms with Crippen LogP contribution in [0.2, 0.25) is 0 Å². The second-order valence-electron chi connectivity index (χ2n) is 4.41. The van der Waals surface area contributed by atoms with Crippen LogP contribution in [0.4, 0.5) is 10.5 Å². The molecule has 0 radical (unpaired) electrons. The molecule has 1 aliphatic heterocycles. The van der Waals surface area contributed by atoms with Gasteiger partial charge in [0, 0.05) is 32.4 Å². The van der Waals surface area contributed by atoms with Crippen LogP contribution in [-0.2, 0) is 6.54 Å². The van der Waals surface area contributed by atoms with Crippen molar-refractivity contribution in [3.05, 3.63) is 29.8 Å². The number of anilines is 1. The third-order valence-electron chi connectivity index (χ3n) is 3.20. The minimum Gasteiger partial charge on any atom is -0.326 e. The normalized spacial score (nSPS) is 15.1. The highest BCUT2D eigenvalue weighted by atomic mass is 16.2. The fourth-order valence-corrected chi connectivity index (χ4v) is 2.12. The van der Waals surface area contributed by atoms with E-state index in [2.05, 4.69) is 0 Å². The largest absolute Gasteiger partial charge is 0.326 e. The molecule has 1 aromatic carbocycles. The van der Waals surface area contributed by atoms with Crippen molar-refractivity contribution in [3.8, 4) is 0 Å². The van der Waals surface area contributed by atoms with Crippen LogP contribution in [-0.4, -0.2) is 31.1 Å². The second-order valence-corrected chi connectivity index (χ2v) is 4.41. The third kappa shape index (κ3) is 2.58. The smallest absolute Gasteiger partial charge is 0.324 e. The Balaban J connectivity index is 2.12. The summed E-state index contributed by atoms with van der Waals surface area (Å²) >= 11 is 0. The molecule has 4 nitrogen and oxygen atoms in total. The highest BCUT2D eigenvalue weighted by molar-refractivity contribution is 5.91. The molecule has 0 aliphatic carbocycles. The van der Waals surface area contributed by atoms with Crippen LogP contribution in [0.25, 0.3) is 0 Å². The standard InChI is InChI=1S/C13H19N3O/c1-15(13(17)16-7-2-3-8-16)12-6-4-5-11(9-12)10-14/h4-6,9H,2-3,7-8,10,14H2,1H3. The summed E-state index contributed by atoms with van der Waals surface area (Å²) in [6.07, 6.45) is 2.23. The van der Waals surface area contributed by atoms with E-state index in [1.165, 1.54) is 0 Å². The number of carbonyl (C=O) groups excluding carboxylic acids is 1. The maximum absolute atomic E-state index is 12.2. The third-order valence-corrected chi connectivity index (χ3v) is 3.20. The molecule has 0 atom stereocenters. The molecule has 92 valence electrons. The average Bonchev–Trinajstić information content (AvgIpc) is 2.91. The molecule has 2 rings (SSSR count). The molecule has 2 N–H and O–H groups in total. The summed E-state index contributed by atoms with van der Waals surface area (Å²) in [4.78, 5) is 15.8. The minimum absolute atomic E-state index is 0.0803. The number of likely N-dealkylation sites (tertiary alicyclic amines) is 1. The molecule has 1 heterocycles. The summed E-state index contributed by atoms with van der Waals surface area (Å²) in [5.74, 6) is 0. The maximum atomic E-state index is 12.2. The lowest BCUT2D eigenvalue weighted by molar-refractivity contribution is 0.217. The second kappa shape index (κ2) is 5.19. The maximum Gasteiger partial charge on any atom is 0.324 e. The van der Waals surface area contributed by atoms with Crippen LogP contribution in [0.3, 0.4) is 0 Å². The molecule has 0 spiro atoms. The van der Waals surface area contributed by atoms with E-state index >= 15 is 0 Å². The minimum atomic E-state index is 0.0803. The van der Waals surface area contributed by atoms with Gasteiger partial charge in [0.1, 0.15) is 0 Å². The van der Waals surface area contributed by atoms with Crippen LogP contribution < -0.4 is 10.6 Å². The summed E-state index contributed by atoms with van der Waals surface area (Å²) < 4.78 is 0. The van der Waals surface area contributed by atoms with Gasteiger partial charge in [-0.3, -0.25) is 4.90 Å². The number of rotatable bonds is 2. The van der Waals surface area contributed by atoms with Crippen LogP contribution in [0.15, 0.2) is 24.3 Å². The van der Waals surface area contributed by atoms with Gasteiger partial charge < -0.3 is 10.6 Å². The molecule has 1 aromatic rings. The summed E-state index contributed by atoms with van der Waals surface area (Å²) in [7, 11) is 1.82. The Labute approximate surface area is 102 Å². The first kappa shape index (κ1) is 11.9. The molecule has 0 bridgehead atoms. The van der Waals surface area contributed by atoms with E-state index in [0.29, 0.717) is 6.54 Å². The fraction of sp³-hybridized carbons (Fsp3) is 0.462. The van der Waals surface area contributed by atoms with Crippen molar-refractivity contribution in [2.45, 2.75) is 19.4 Å². The first-order valence-electron chi connectivity index (χ1n) is 6.04. The van der Waals surface area contributed by atoms with Gasteiger partial charge in [0.15, 0.2) is 0 Å². The zero-order valence-corrected chi connectivity index (χ0v) is 10.2. The number of urea groups is 1. The van der Waals surface area contributed by atoms with Gasteiger partial charge in [-0.25, -0.2) is 4.79 Å². The van der Waals surface area contributed by atoms with Crippen LogP contribution >= 0.6 is 0 Å². The summed E-state index contributed by atoms with van der Waals surface area (Å²) in [6.45, 7) is 2.25. The van der Waals surface area contributed by atoms with Crippen LogP contribution in [0.5, 0.6) is 0 Å². The van der Waals surface area contributed by atoms with Crippen molar-refractivity contribution >= 4 is 11.7 Å². The molecule has 4 heteroatoms. The summed E-state index contributed by atoms with van der Waals surface area (Å²) in [5, 5.41) is 0. The van der Waals surface area contributed by atoms with Gasteiger partial charge in [-0.05, 0) is 30.5 Å². The van der Waals surface area contributed by atoms with Gasteiger partial charge in [0.25, 0.3) is 0 Å². The molecule has 0 aromatic heterocycles. The average molecular weight is 233 g/mol. The lowest BCUT2D eigenvalue weighted by Gasteiger charge is -2.24. The number of nitrogens with zero attached hydrogens (tertiary/aromatic N) is 2. The van der Waals surface area contributed by atoms with E-state index in [1.807, 2.05) is 36.2 Å². The molecular weight excluding hydrogens is 214 g/mol. The number of hydrogen-bond donors (Lipinski definition) is 1. The number of benzene rings is 1. The first-order valence-corrected chi connectivity index (χ1v) is 6.04. The highest BCUT2D eigenvalue weighted by Gasteiger charge is 2.21. The van der Waals surface area contributed by atoms with Crippen molar-refractivity contribution in [1.82, 2.24) is 4.90 Å². The van der Waals surface area contributed by atoms with E-state index in [9.17, 15) is 4.79 Å². The zero-order chi connectivity index (χ0) is 12.3. The zero-order valence-electron chi connectivity index (χ0n) is 10.2. The number of carbonyl (C=O) groups is 1. The molecule has 1 saturated heterocycles. The van der Waals surface area contributed by atoms with Gasteiger partial charge in [-0.2, -0.15) is 0 Å². The van der Waals surface area contributed by atoms with Crippen molar-refractivity contribution < 1.29 is 4.79 Å². The quantitative estimate of drug-likeness (QED) is 0.846. The van der Waals surface area contributed by atoms with Crippen LogP contribution in [0, 0.1) is 0 Å². The summed E-state index contributed by atoms with van der Waals surface area (Å²) in [6, 6.07) is 7.89. The fourth-order valence-electron chi connectivity index (χ4n) is 2.12. The SMILES string of the molecule is CN(C(=O)N1CCCC1)c1cccc(CN)c1. The highest BCUT2D eigenvalue weighted by Crippen LogP contribution is 2.18. The van der Waals surface area contributed by atoms with E-state index in [-0.39, 0.29) is 6.03 Å². The van der Waals surface area contributed by atoms with Crippen molar-refractivity contribution in [2.24, 2.45) is 5.73 Å². The Morgan fingerprint density at radius 1 is 1.41 bits per heavy atom. The van der Waals surface area contributed by atoms with Crippen molar-refractivity contribution in [2.75, 3.05) is 25.0 Å². The van der Waals surface area contributed by atoms with E-state index in [0.717, 1.165) is 37.2 Å². The van der Waals surface area contributed by atoms with Gasteiger partial charge in [-0.1, -0.05) is 12.1 Å². The molecule has 17 heavy (non-hydrogen) atoms. The molecule has 1 fully saturated rings. The number of nitrogens with two attached hydrogens (primary N) is 1. The molecule has 0 unspecified atom stereocenters. The van der Waals surface area contributed by atoms with Gasteiger partial charge in [0.05, 0.1) is 0 Å². The molecule has 1 aliphatic rings.